The number of hydrogen-bond acceptors (Lipinski definition) is 5. The summed E-state index contributed by atoms with van der Waals surface area (Å²) in [4.78, 5) is 5.17. The summed E-state index contributed by atoms with van der Waals surface area (Å²) in [5, 5.41) is 25.7. The van der Waals surface area contributed by atoms with Gasteiger partial charge in [0.2, 0.25) is 0 Å². The van der Waals surface area contributed by atoms with Crippen molar-refractivity contribution in [1.29, 1.82) is 5.26 Å². The molecule has 21 heavy (non-hydrogen) atoms. The quantitative estimate of drug-likeness (QED) is 0.620. The van der Waals surface area contributed by atoms with E-state index in [9.17, 15) is 5.11 Å². The normalized spacial score (nSPS) is 13.6. The van der Waals surface area contributed by atoms with Crippen LogP contribution < -0.4 is 5.32 Å². The molecule has 0 radical (unpaired) electrons. The van der Waals surface area contributed by atoms with Crippen LogP contribution >= 0.6 is 0 Å². The molecule has 0 amide bonds. The molecule has 0 fully saturated rings. The van der Waals surface area contributed by atoms with Crippen molar-refractivity contribution in [1.82, 2.24) is 5.32 Å². The molecular weight excluding hydrogens is 266 g/mol. The highest BCUT2D eigenvalue weighted by atomic mass is 16.6. The summed E-state index contributed by atoms with van der Waals surface area (Å²) in [6.07, 6.45) is -0.610. The van der Waals surface area contributed by atoms with E-state index < -0.39 is 6.10 Å². The molecule has 114 valence electrons. The summed E-state index contributed by atoms with van der Waals surface area (Å²) < 4.78 is 0. The predicted octanol–water partition coefficient (Wildman–Crippen LogP) is 2.05. The van der Waals surface area contributed by atoms with Gasteiger partial charge in [-0.15, -0.1) is 0 Å². The molecule has 1 unspecified atom stereocenters. The number of nitrogens with one attached hydrogen (secondary N) is 1. The van der Waals surface area contributed by atoms with Gasteiger partial charge in [0.15, 0.2) is 0 Å². The van der Waals surface area contributed by atoms with Crippen LogP contribution in [0.3, 0.4) is 0 Å². The van der Waals surface area contributed by atoms with Crippen LogP contribution in [0.2, 0.25) is 0 Å². The molecule has 0 bridgehead atoms. The molecule has 0 spiro atoms. The number of nitriles is 1. The van der Waals surface area contributed by atoms with Gasteiger partial charge in [0.05, 0.1) is 17.3 Å². The number of rotatable bonds is 6. The monoisotopic (exact) mass is 289 g/mol. The zero-order valence-electron chi connectivity index (χ0n) is 13.1. The Balaban J connectivity index is 2.43. The highest BCUT2D eigenvalue weighted by Crippen LogP contribution is 2.05. The van der Waals surface area contributed by atoms with Crippen LogP contribution in [-0.2, 0) is 4.84 Å². The van der Waals surface area contributed by atoms with E-state index >= 15 is 0 Å². The van der Waals surface area contributed by atoms with Crippen molar-refractivity contribution >= 4 is 5.71 Å². The Morgan fingerprint density at radius 3 is 2.52 bits per heavy atom. The fraction of sp³-hybridized carbons (Fsp3) is 0.500. The van der Waals surface area contributed by atoms with Crippen molar-refractivity contribution in [2.45, 2.75) is 39.3 Å². The molecule has 0 aliphatic heterocycles. The first-order valence-electron chi connectivity index (χ1n) is 6.92. The number of hydrogen-bond donors (Lipinski definition) is 2. The Morgan fingerprint density at radius 1 is 1.38 bits per heavy atom. The minimum Gasteiger partial charge on any atom is -0.393 e. The Kier molecular flexibility index (Phi) is 6.35. The van der Waals surface area contributed by atoms with Gasteiger partial charge < -0.3 is 15.3 Å². The summed E-state index contributed by atoms with van der Waals surface area (Å²) in [6, 6.07) is 9.17. The SMILES string of the molecule is C/C(=N\OCC(O)CNC(C)(C)C)c1ccc(C#N)cc1. The first-order valence-corrected chi connectivity index (χ1v) is 6.92. The molecule has 1 aromatic carbocycles. The summed E-state index contributed by atoms with van der Waals surface area (Å²) in [7, 11) is 0. The maximum Gasteiger partial charge on any atom is 0.144 e. The van der Waals surface area contributed by atoms with Gasteiger partial charge in [-0.2, -0.15) is 5.26 Å². The Bertz CT molecular complexity index is 510. The van der Waals surface area contributed by atoms with Crippen molar-refractivity contribution in [3.05, 3.63) is 35.4 Å². The second-order valence-electron chi connectivity index (χ2n) is 5.95. The van der Waals surface area contributed by atoms with Crippen molar-refractivity contribution in [2.24, 2.45) is 5.16 Å². The number of benzene rings is 1. The van der Waals surface area contributed by atoms with Gasteiger partial charge >= 0.3 is 0 Å². The zero-order chi connectivity index (χ0) is 15.9. The fourth-order valence-corrected chi connectivity index (χ4v) is 1.54. The van der Waals surface area contributed by atoms with Crippen LogP contribution in [0.5, 0.6) is 0 Å². The Morgan fingerprint density at radius 2 is 2.00 bits per heavy atom. The smallest absolute Gasteiger partial charge is 0.144 e. The van der Waals surface area contributed by atoms with Gasteiger partial charge in [0, 0.05) is 12.1 Å². The maximum absolute atomic E-state index is 9.77. The van der Waals surface area contributed by atoms with Crippen LogP contribution in [0.4, 0.5) is 0 Å². The third-order valence-corrected chi connectivity index (χ3v) is 2.77. The van der Waals surface area contributed by atoms with Gasteiger partial charge in [0.1, 0.15) is 12.7 Å². The van der Waals surface area contributed by atoms with Gasteiger partial charge in [-0.3, -0.25) is 0 Å². The van der Waals surface area contributed by atoms with Crippen molar-refractivity contribution in [3.63, 3.8) is 0 Å². The second-order valence-corrected chi connectivity index (χ2v) is 5.95. The lowest BCUT2D eigenvalue weighted by Gasteiger charge is -2.22. The van der Waals surface area contributed by atoms with E-state index in [-0.39, 0.29) is 12.1 Å². The highest BCUT2D eigenvalue weighted by molar-refractivity contribution is 5.98. The van der Waals surface area contributed by atoms with E-state index in [0.29, 0.717) is 17.8 Å². The molecule has 5 heteroatoms. The van der Waals surface area contributed by atoms with Gasteiger partial charge in [-0.1, -0.05) is 17.3 Å². The van der Waals surface area contributed by atoms with Crippen LogP contribution in [-0.4, -0.2) is 35.6 Å². The van der Waals surface area contributed by atoms with E-state index in [1.807, 2.05) is 39.8 Å². The average molecular weight is 289 g/mol. The molecule has 0 aromatic heterocycles. The van der Waals surface area contributed by atoms with E-state index in [1.165, 1.54) is 0 Å². The first-order chi connectivity index (χ1) is 9.81. The predicted molar refractivity (Wildman–Crippen MR) is 83.1 cm³/mol. The number of aliphatic hydroxyl groups is 1. The summed E-state index contributed by atoms with van der Waals surface area (Å²) in [6.45, 7) is 8.52. The van der Waals surface area contributed by atoms with E-state index in [1.54, 1.807) is 12.1 Å². The molecule has 0 aliphatic carbocycles. The van der Waals surface area contributed by atoms with Gasteiger partial charge in [0.25, 0.3) is 0 Å². The van der Waals surface area contributed by atoms with E-state index in [4.69, 9.17) is 10.1 Å². The lowest BCUT2D eigenvalue weighted by molar-refractivity contribution is 0.0373. The summed E-state index contributed by atoms with van der Waals surface area (Å²) in [5.74, 6) is 0. The molecule has 2 N–H and O–H groups in total. The van der Waals surface area contributed by atoms with Crippen molar-refractivity contribution in [3.8, 4) is 6.07 Å². The highest BCUT2D eigenvalue weighted by Gasteiger charge is 2.12. The van der Waals surface area contributed by atoms with Crippen LogP contribution in [0.15, 0.2) is 29.4 Å². The minimum absolute atomic E-state index is 0.0390. The third-order valence-electron chi connectivity index (χ3n) is 2.77. The molecule has 1 rings (SSSR count). The maximum atomic E-state index is 9.77. The molecule has 1 atom stereocenters. The molecular formula is C16H23N3O2. The van der Waals surface area contributed by atoms with Crippen molar-refractivity contribution in [2.75, 3.05) is 13.2 Å². The van der Waals surface area contributed by atoms with Crippen molar-refractivity contribution < 1.29 is 9.94 Å². The number of nitrogens with zero attached hydrogens (tertiary/aromatic N) is 2. The lowest BCUT2D eigenvalue weighted by Crippen LogP contribution is -2.42. The van der Waals surface area contributed by atoms with Crippen LogP contribution in [0, 0.1) is 11.3 Å². The van der Waals surface area contributed by atoms with Crippen LogP contribution in [0.25, 0.3) is 0 Å². The Hall–Kier alpha value is -1.90. The Labute approximate surface area is 126 Å². The molecule has 0 saturated heterocycles. The minimum atomic E-state index is -0.610. The largest absolute Gasteiger partial charge is 0.393 e. The zero-order valence-corrected chi connectivity index (χ0v) is 13.1. The molecule has 5 nitrogen and oxygen atoms in total. The lowest BCUT2D eigenvalue weighted by atomic mass is 10.1. The average Bonchev–Trinajstić information content (AvgIpc) is 2.44. The van der Waals surface area contributed by atoms with E-state index in [0.717, 1.165) is 5.56 Å². The second kappa shape index (κ2) is 7.77. The fourth-order valence-electron chi connectivity index (χ4n) is 1.54. The topological polar surface area (TPSA) is 77.6 Å². The number of aliphatic hydroxyl groups excluding tert-OH is 1. The van der Waals surface area contributed by atoms with Crippen LogP contribution in [0.1, 0.15) is 38.8 Å². The molecule has 0 saturated carbocycles. The third kappa shape index (κ3) is 6.89. The summed E-state index contributed by atoms with van der Waals surface area (Å²) >= 11 is 0. The van der Waals surface area contributed by atoms with E-state index in [2.05, 4.69) is 16.5 Å². The first kappa shape index (κ1) is 17.2. The number of oxime groups is 1. The molecule has 0 aliphatic rings. The van der Waals surface area contributed by atoms with Gasteiger partial charge in [-0.25, -0.2) is 0 Å². The molecule has 1 aromatic rings. The standard InChI is InChI=1S/C16H23N3O2/c1-12(14-7-5-13(9-17)6-8-14)19-21-11-15(20)10-18-16(2,3)4/h5-8,15,18,20H,10-11H2,1-4H3/b19-12+. The van der Waals surface area contributed by atoms with Gasteiger partial charge in [-0.05, 0) is 45.4 Å². The molecule has 0 heterocycles. The summed E-state index contributed by atoms with van der Waals surface area (Å²) in [5.41, 5.74) is 2.16. The number of β-amino-alcohol motifs (C(OH)–C–C–N with tert-alkyl or cyclic N) is 1.